The summed E-state index contributed by atoms with van der Waals surface area (Å²) < 4.78 is 18.0. The minimum Gasteiger partial charge on any atom is -0.461 e. The molecule has 0 saturated carbocycles. The highest BCUT2D eigenvalue weighted by atomic mass is 19.1. The Hall–Kier alpha value is -3.09. The van der Waals surface area contributed by atoms with Gasteiger partial charge >= 0.3 is 5.97 Å². The van der Waals surface area contributed by atoms with E-state index in [0.717, 1.165) is 16.7 Å². The maximum absolute atomic E-state index is 13.0. The molecule has 0 bridgehead atoms. The van der Waals surface area contributed by atoms with Crippen LogP contribution < -0.4 is 0 Å². The molecule has 3 aromatic rings. The molecule has 0 aliphatic heterocycles. The monoisotopic (exact) mass is 326 g/mol. The van der Waals surface area contributed by atoms with Gasteiger partial charge in [-0.25, -0.2) is 9.78 Å². The fourth-order valence-electron chi connectivity index (χ4n) is 2.41. The summed E-state index contributed by atoms with van der Waals surface area (Å²) in [6.07, 6.45) is 1.46. The molecule has 2 heterocycles. The molecule has 1 aromatic carbocycles. The van der Waals surface area contributed by atoms with Crippen LogP contribution in [0.3, 0.4) is 0 Å². The van der Waals surface area contributed by atoms with Crippen LogP contribution in [0.15, 0.2) is 36.5 Å². The van der Waals surface area contributed by atoms with E-state index in [1.807, 2.05) is 25.1 Å². The Morgan fingerprint density at radius 1 is 1.17 bits per heavy atom. The highest BCUT2D eigenvalue weighted by molar-refractivity contribution is 5.94. The number of carbonyl (C=O) groups excluding carboxylic acids is 1. The van der Waals surface area contributed by atoms with E-state index in [0.29, 0.717) is 11.3 Å². The Morgan fingerprint density at radius 2 is 1.96 bits per heavy atom. The molecule has 0 amide bonds. The molecule has 2 aromatic heterocycles. The Kier molecular flexibility index (Phi) is 4.33. The van der Waals surface area contributed by atoms with Crippen molar-refractivity contribution < 1.29 is 13.9 Å². The number of aryl methyl sites for hydroxylation is 1. The van der Waals surface area contributed by atoms with Gasteiger partial charge in [-0.2, -0.15) is 14.7 Å². The maximum Gasteiger partial charge on any atom is 0.361 e. The first-order chi connectivity index (χ1) is 11.6. The summed E-state index contributed by atoms with van der Waals surface area (Å²) in [6.45, 7) is 3.91. The molecule has 3 rings (SSSR count). The molecule has 1 N–H and O–H groups in total. The number of esters is 1. The molecule has 24 heavy (non-hydrogen) atoms. The van der Waals surface area contributed by atoms with Gasteiger partial charge in [0.05, 0.1) is 6.61 Å². The number of aromatic amines is 1. The lowest BCUT2D eigenvalue weighted by Crippen LogP contribution is -2.06. The summed E-state index contributed by atoms with van der Waals surface area (Å²) in [5, 5.41) is 10.4. The van der Waals surface area contributed by atoms with Gasteiger partial charge in [-0.1, -0.05) is 6.07 Å². The van der Waals surface area contributed by atoms with E-state index in [4.69, 9.17) is 4.74 Å². The number of nitrogens with zero attached hydrogens (tertiary/aromatic N) is 3. The lowest BCUT2D eigenvalue weighted by Gasteiger charge is -2.07. The number of H-pyrrole nitrogens is 1. The van der Waals surface area contributed by atoms with E-state index in [-0.39, 0.29) is 12.3 Å². The van der Waals surface area contributed by atoms with E-state index in [1.54, 1.807) is 13.0 Å². The first kappa shape index (κ1) is 15.8. The second kappa shape index (κ2) is 6.57. The summed E-state index contributed by atoms with van der Waals surface area (Å²) >= 11 is 0. The summed E-state index contributed by atoms with van der Waals surface area (Å²) in [6, 6.07) is 8.64. The molecule has 0 aliphatic rings. The molecule has 0 aliphatic carbocycles. The summed E-state index contributed by atoms with van der Waals surface area (Å²) in [4.78, 5) is 15.7. The lowest BCUT2D eigenvalue weighted by molar-refractivity contribution is 0.0520. The predicted molar refractivity (Wildman–Crippen MR) is 85.7 cm³/mol. The van der Waals surface area contributed by atoms with E-state index < -0.39 is 11.9 Å². The van der Waals surface area contributed by atoms with Gasteiger partial charge < -0.3 is 4.74 Å². The second-order valence-electron chi connectivity index (χ2n) is 5.20. The van der Waals surface area contributed by atoms with Crippen LogP contribution in [0.5, 0.6) is 0 Å². The van der Waals surface area contributed by atoms with E-state index in [9.17, 15) is 9.18 Å². The molecule has 0 fully saturated rings. The maximum atomic E-state index is 13.0. The minimum absolute atomic E-state index is 0.130. The number of hydrogen-bond acceptors (Lipinski definition) is 5. The van der Waals surface area contributed by atoms with Crippen molar-refractivity contribution in [3.05, 3.63) is 53.7 Å². The molecule has 0 saturated heterocycles. The number of carbonyl (C=O) groups is 1. The van der Waals surface area contributed by atoms with Gasteiger partial charge in [-0.15, -0.1) is 5.10 Å². The van der Waals surface area contributed by atoms with Crippen molar-refractivity contribution in [3.8, 4) is 22.4 Å². The van der Waals surface area contributed by atoms with Gasteiger partial charge in [0.25, 0.3) is 0 Å². The van der Waals surface area contributed by atoms with Crippen LogP contribution in [0, 0.1) is 12.9 Å². The van der Waals surface area contributed by atoms with Crippen molar-refractivity contribution in [2.45, 2.75) is 13.8 Å². The molecule has 6 nitrogen and oxygen atoms in total. The second-order valence-corrected chi connectivity index (χ2v) is 5.20. The molecule has 0 spiro atoms. The van der Waals surface area contributed by atoms with E-state index in [2.05, 4.69) is 20.4 Å². The zero-order valence-electron chi connectivity index (χ0n) is 13.2. The largest absolute Gasteiger partial charge is 0.461 e. The molecule has 7 heteroatoms. The molecule has 0 atom stereocenters. The third-order valence-corrected chi connectivity index (χ3v) is 3.43. The highest BCUT2D eigenvalue weighted by Gasteiger charge is 2.19. The molecule has 0 radical (unpaired) electrons. The van der Waals surface area contributed by atoms with Gasteiger partial charge in [-0.05, 0) is 49.2 Å². The van der Waals surface area contributed by atoms with Crippen molar-refractivity contribution in [3.63, 3.8) is 0 Å². The molecule has 0 unspecified atom stereocenters. The van der Waals surface area contributed by atoms with E-state index in [1.165, 1.54) is 12.3 Å². The highest BCUT2D eigenvalue weighted by Crippen LogP contribution is 2.28. The van der Waals surface area contributed by atoms with Crippen LogP contribution in [-0.4, -0.2) is 33.0 Å². The Morgan fingerprint density at radius 3 is 2.67 bits per heavy atom. The van der Waals surface area contributed by atoms with Crippen molar-refractivity contribution in [2.24, 2.45) is 0 Å². The number of rotatable bonds is 4. The summed E-state index contributed by atoms with van der Waals surface area (Å²) in [5.41, 5.74) is 3.83. The SMILES string of the molecule is CCOC(=O)c1n[nH]nc1-c1cc(C)cc(-c2ccc(F)nc2)c1. The van der Waals surface area contributed by atoms with Crippen LogP contribution in [0.1, 0.15) is 23.0 Å². The molecular weight excluding hydrogens is 311 g/mol. The number of halogens is 1. The number of hydrogen-bond donors (Lipinski definition) is 1. The quantitative estimate of drug-likeness (QED) is 0.588. The molecular formula is C17H15FN4O2. The fraction of sp³-hybridized carbons (Fsp3) is 0.176. The van der Waals surface area contributed by atoms with Crippen molar-refractivity contribution in [1.82, 2.24) is 20.4 Å². The van der Waals surface area contributed by atoms with Crippen molar-refractivity contribution >= 4 is 5.97 Å². The van der Waals surface area contributed by atoms with Crippen LogP contribution in [0.25, 0.3) is 22.4 Å². The Labute approximate surface area is 137 Å². The first-order valence-electron chi connectivity index (χ1n) is 7.40. The topological polar surface area (TPSA) is 80.8 Å². The van der Waals surface area contributed by atoms with Gasteiger partial charge in [0.2, 0.25) is 5.95 Å². The number of ether oxygens (including phenoxy) is 1. The van der Waals surface area contributed by atoms with Gasteiger partial charge in [0.15, 0.2) is 5.69 Å². The number of benzene rings is 1. The van der Waals surface area contributed by atoms with Crippen LogP contribution in [-0.2, 0) is 4.74 Å². The number of aromatic nitrogens is 4. The third kappa shape index (κ3) is 3.15. The fourth-order valence-corrected chi connectivity index (χ4v) is 2.41. The molecule has 122 valence electrons. The smallest absolute Gasteiger partial charge is 0.361 e. The number of pyridine rings is 1. The van der Waals surface area contributed by atoms with Crippen LogP contribution in [0.2, 0.25) is 0 Å². The summed E-state index contributed by atoms with van der Waals surface area (Å²) in [7, 11) is 0. The Bertz CT molecular complexity index is 875. The van der Waals surface area contributed by atoms with E-state index >= 15 is 0 Å². The van der Waals surface area contributed by atoms with Crippen LogP contribution >= 0.6 is 0 Å². The summed E-state index contributed by atoms with van der Waals surface area (Å²) in [5.74, 6) is -1.07. The lowest BCUT2D eigenvalue weighted by atomic mass is 9.99. The zero-order valence-corrected chi connectivity index (χ0v) is 13.2. The standard InChI is InChI=1S/C17H15FN4O2/c1-3-24-17(23)16-15(20-22-21-16)13-7-10(2)6-12(8-13)11-4-5-14(18)19-9-11/h4-9H,3H2,1-2H3,(H,20,21,22). The average Bonchev–Trinajstić information content (AvgIpc) is 3.05. The van der Waals surface area contributed by atoms with Crippen molar-refractivity contribution in [1.29, 1.82) is 0 Å². The minimum atomic E-state index is -0.535. The normalized spacial score (nSPS) is 10.6. The zero-order chi connectivity index (χ0) is 17.1. The predicted octanol–water partition coefficient (Wildman–Crippen LogP) is 3.16. The van der Waals surface area contributed by atoms with Crippen molar-refractivity contribution in [2.75, 3.05) is 6.61 Å². The van der Waals surface area contributed by atoms with Gasteiger partial charge in [0, 0.05) is 17.3 Å². The van der Waals surface area contributed by atoms with Gasteiger partial charge in [0.1, 0.15) is 5.69 Å². The third-order valence-electron chi connectivity index (χ3n) is 3.43. The van der Waals surface area contributed by atoms with Crippen LogP contribution in [0.4, 0.5) is 4.39 Å². The number of nitrogens with one attached hydrogen (secondary N) is 1. The average molecular weight is 326 g/mol. The van der Waals surface area contributed by atoms with Gasteiger partial charge in [-0.3, -0.25) is 0 Å². The Balaban J connectivity index is 2.06. The first-order valence-corrected chi connectivity index (χ1v) is 7.40.